The minimum Gasteiger partial charge on any atom is -0.463 e. The number of aliphatic hydroxyl groups excluding tert-OH is 1. The Kier molecular flexibility index (Phi) is 3.62. The van der Waals surface area contributed by atoms with Crippen LogP contribution in [0.15, 0.2) is 48.8 Å². The predicted octanol–water partition coefficient (Wildman–Crippen LogP) is 3.05. The molecule has 0 aliphatic heterocycles. The first-order chi connectivity index (χ1) is 10.1. The number of hydrogen-bond donors (Lipinski definition) is 1. The number of hydrogen-bond acceptors (Lipinski definition) is 3. The predicted molar refractivity (Wildman–Crippen MR) is 82.3 cm³/mol. The van der Waals surface area contributed by atoms with Crippen LogP contribution in [-0.4, -0.2) is 20.9 Å². The summed E-state index contributed by atoms with van der Waals surface area (Å²) in [6.07, 6.45) is 0.808. The maximum Gasteiger partial charge on any atom is 0.215 e. The summed E-state index contributed by atoms with van der Waals surface area (Å²) in [6, 6.07) is 13.7. The fourth-order valence-corrected chi connectivity index (χ4v) is 2.52. The molecule has 108 valence electrons. The van der Waals surface area contributed by atoms with Crippen LogP contribution in [-0.2, 0) is 6.54 Å². The molecule has 0 aliphatic rings. The number of nitrogens with zero attached hydrogens (tertiary/aromatic N) is 2. The van der Waals surface area contributed by atoms with Gasteiger partial charge in [0.25, 0.3) is 0 Å². The zero-order chi connectivity index (χ0) is 14.8. The molecule has 0 spiro atoms. The molecule has 0 amide bonds. The van der Waals surface area contributed by atoms with E-state index in [4.69, 9.17) is 4.74 Å². The van der Waals surface area contributed by atoms with E-state index in [0.717, 1.165) is 22.2 Å². The summed E-state index contributed by atoms with van der Waals surface area (Å²) < 4.78 is 7.50. The van der Waals surface area contributed by atoms with E-state index in [1.807, 2.05) is 54.8 Å². The lowest BCUT2D eigenvalue weighted by Crippen LogP contribution is -2.22. The molecule has 1 unspecified atom stereocenters. The second-order valence-corrected chi connectivity index (χ2v) is 5.28. The zero-order valence-electron chi connectivity index (χ0n) is 12.2. The van der Waals surface area contributed by atoms with Gasteiger partial charge < -0.3 is 14.4 Å². The number of benzene rings is 2. The third kappa shape index (κ3) is 3.06. The van der Waals surface area contributed by atoms with E-state index in [2.05, 4.69) is 11.1 Å². The molecular formula is C17H18N2O2. The Labute approximate surface area is 123 Å². The van der Waals surface area contributed by atoms with Gasteiger partial charge in [-0.25, -0.2) is 4.98 Å². The molecule has 2 aromatic carbocycles. The topological polar surface area (TPSA) is 47.3 Å². The first-order valence-electron chi connectivity index (χ1n) is 6.95. The van der Waals surface area contributed by atoms with E-state index in [9.17, 15) is 5.11 Å². The smallest absolute Gasteiger partial charge is 0.215 e. The summed E-state index contributed by atoms with van der Waals surface area (Å²) in [5.41, 5.74) is 4.13. The highest BCUT2D eigenvalue weighted by molar-refractivity contribution is 5.74. The molecule has 0 aliphatic carbocycles. The molecule has 0 fully saturated rings. The van der Waals surface area contributed by atoms with Gasteiger partial charge in [-0.2, -0.15) is 0 Å². The fraction of sp³-hybridized carbons (Fsp3) is 0.235. The number of rotatable bonds is 4. The van der Waals surface area contributed by atoms with Crippen molar-refractivity contribution in [3.63, 3.8) is 0 Å². The molecule has 3 rings (SSSR count). The fourth-order valence-electron chi connectivity index (χ4n) is 2.52. The average molecular weight is 282 g/mol. The maximum atomic E-state index is 10.1. The summed E-state index contributed by atoms with van der Waals surface area (Å²) >= 11 is 0. The van der Waals surface area contributed by atoms with Crippen molar-refractivity contribution in [2.75, 3.05) is 0 Å². The van der Waals surface area contributed by atoms with Crippen molar-refractivity contribution in [1.29, 1.82) is 0 Å². The van der Waals surface area contributed by atoms with Gasteiger partial charge in [-0.05, 0) is 49.2 Å². The highest BCUT2D eigenvalue weighted by Crippen LogP contribution is 2.18. The zero-order valence-corrected chi connectivity index (χ0v) is 12.2. The van der Waals surface area contributed by atoms with Gasteiger partial charge in [0.05, 0.1) is 23.9 Å². The van der Waals surface area contributed by atoms with Crippen molar-refractivity contribution >= 4 is 11.0 Å². The summed E-state index contributed by atoms with van der Waals surface area (Å²) in [7, 11) is 0. The molecule has 0 saturated heterocycles. The van der Waals surface area contributed by atoms with Crippen molar-refractivity contribution in [3.05, 3.63) is 59.9 Å². The summed E-state index contributed by atoms with van der Waals surface area (Å²) in [6.45, 7) is 4.36. The Morgan fingerprint density at radius 1 is 1.14 bits per heavy atom. The van der Waals surface area contributed by atoms with Crippen molar-refractivity contribution in [2.45, 2.75) is 26.7 Å². The lowest BCUT2D eigenvalue weighted by atomic mass is 10.1. The van der Waals surface area contributed by atoms with Gasteiger partial charge >= 0.3 is 0 Å². The SMILES string of the molecule is Cc1cc(C)cc(OC(O)Cn2cnc3ccccc32)c1. The third-order valence-corrected chi connectivity index (χ3v) is 3.35. The van der Waals surface area contributed by atoms with E-state index in [-0.39, 0.29) is 0 Å². The Morgan fingerprint density at radius 2 is 1.86 bits per heavy atom. The molecule has 0 radical (unpaired) electrons. The van der Waals surface area contributed by atoms with Crippen LogP contribution in [0, 0.1) is 13.8 Å². The quantitative estimate of drug-likeness (QED) is 0.748. The van der Waals surface area contributed by atoms with Crippen LogP contribution < -0.4 is 4.74 Å². The van der Waals surface area contributed by atoms with E-state index in [0.29, 0.717) is 12.3 Å². The second kappa shape index (κ2) is 5.58. The number of imidazole rings is 1. The summed E-state index contributed by atoms with van der Waals surface area (Å²) in [5, 5.41) is 10.1. The minimum absolute atomic E-state index is 0.341. The largest absolute Gasteiger partial charge is 0.463 e. The third-order valence-electron chi connectivity index (χ3n) is 3.35. The van der Waals surface area contributed by atoms with E-state index >= 15 is 0 Å². The van der Waals surface area contributed by atoms with Gasteiger partial charge in [-0.1, -0.05) is 18.2 Å². The lowest BCUT2D eigenvalue weighted by Gasteiger charge is -2.15. The first-order valence-corrected chi connectivity index (χ1v) is 6.95. The van der Waals surface area contributed by atoms with Crippen LogP contribution in [0.3, 0.4) is 0 Å². The van der Waals surface area contributed by atoms with Crippen LogP contribution in [0.25, 0.3) is 11.0 Å². The van der Waals surface area contributed by atoms with Gasteiger partial charge in [0, 0.05) is 0 Å². The molecule has 1 N–H and O–H groups in total. The molecule has 1 heterocycles. The number of aromatic nitrogens is 2. The Bertz CT molecular complexity index is 744. The van der Waals surface area contributed by atoms with Gasteiger partial charge in [0.2, 0.25) is 6.29 Å². The van der Waals surface area contributed by atoms with Crippen LogP contribution in [0.2, 0.25) is 0 Å². The second-order valence-electron chi connectivity index (χ2n) is 5.28. The van der Waals surface area contributed by atoms with Gasteiger partial charge in [-0.15, -0.1) is 0 Å². The Balaban J connectivity index is 1.75. The van der Waals surface area contributed by atoms with Crippen LogP contribution in [0.5, 0.6) is 5.75 Å². The van der Waals surface area contributed by atoms with Crippen LogP contribution in [0.1, 0.15) is 11.1 Å². The molecule has 4 heteroatoms. The first kappa shape index (κ1) is 13.6. The molecular weight excluding hydrogens is 264 g/mol. The summed E-state index contributed by atoms with van der Waals surface area (Å²) in [4.78, 5) is 4.30. The molecule has 1 atom stereocenters. The minimum atomic E-state index is -0.913. The van der Waals surface area contributed by atoms with Crippen LogP contribution in [0.4, 0.5) is 0 Å². The number of aliphatic hydroxyl groups is 1. The number of aryl methyl sites for hydroxylation is 2. The number of para-hydroxylation sites is 2. The van der Waals surface area contributed by atoms with Gasteiger partial charge in [0.15, 0.2) is 0 Å². The van der Waals surface area contributed by atoms with Crippen LogP contribution >= 0.6 is 0 Å². The molecule has 3 aromatic rings. The van der Waals surface area contributed by atoms with Crippen molar-refractivity contribution in [1.82, 2.24) is 9.55 Å². The van der Waals surface area contributed by atoms with Crippen molar-refractivity contribution < 1.29 is 9.84 Å². The number of ether oxygens (including phenoxy) is 1. The van der Waals surface area contributed by atoms with E-state index in [1.54, 1.807) is 6.33 Å². The maximum absolute atomic E-state index is 10.1. The molecule has 21 heavy (non-hydrogen) atoms. The standard InChI is InChI=1S/C17H18N2O2/c1-12-7-13(2)9-14(8-12)21-17(20)10-19-11-18-15-5-3-4-6-16(15)19/h3-9,11,17,20H,10H2,1-2H3. The summed E-state index contributed by atoms with van der Waals surface area (Å²) in [5.74, 6) is 0.685. The molecule has 4 nitrogen and oxygen atoms in total. The number of fused-ring (bicyclic) bond motifs is 1. The Morgan fingerprint density at radius 3 is 2.62 bits per heavy atom. The van der Waals surface area contributed by atoms with E-state index in [1.165, 1.54) is 0 Å². The highest BCUT2D eigenvalue weighted by atomic mass is 16.6. The Hall–Kier alpha value is -2.33. The average Bonchev–Trinajstić information content (AvgIpc) is 2.81. The lowest BCUT2D eigenvalue weighted by molar-refractivity contribution is -0.0287. The van der Waals surface area contributed by atoms with Gasteiger partial charge in [-0.3, -0.25) is 0 Å². The monoisotopic (exact) mass is 282 g/mol. The molecule has 0 saturated carbocycles. The van der Waals surface area contributed by atoms with Crippen molar-refractivity contribution in [3.8, 4) is 5.75 Å². The molecule has 0 bridgehead atoms. The highest BCUT2D eigenvalue weighted by Gasteiger charge is 2.10. The normalized spacial score (nSPS) is 12.5. The van der Waals surface area contributed by atoms with E-state index < -0.39 is 6.29 Å². The van der Waals surface area contributed by atoms with Crippen molar-refractivity contribution in [2.24, 2.45) is 0 Å². The van der Waals surface area contributed by atoms with Gasteiger partial charge in [0.1, 0.15) is 5.75 Å². The molecule has 1 aromatic heterocycles.